The van der Waals surface area contributed by atoms with Crippen molar-refractivity contribution in [2.24, 2.45) is 5.73 Å². The molecular formula is C15H15N3. The molecule has 0 fully saturated rings. The Hall–Kier alpha value is -2.13. The monoisotopic (exact) mass is 237 g/mol. The molecule has 3 aromatic rings. The summed E-state index contributed by atoms with van der Waals surface area (Å²) in [6.45, 7) is 2.55. The van der Waals surface area contributed by atoms with Crippen molar-refractivity contribution in [3.8, 4) is 11.3 Å². The van der Waals surface area contributed by atoms with Crippen molar-refractivity contribution < 1.29 is 0 Å². The molecule has 0 spiro atoms. The molecule has 0 saturated heterocycles. The zero-order chi connectivity index (χ0) is 12.5. The number of benzene rings is 1. The second-order valence-electron chi connectivity index (χ2n) is 4.41. The molecule has 1 aromatic carbocycles. The lowest BCUT2D eigenvalue weighted by molar-refractivity contribution is 0.957. The van der Waals surface area contributed by atoms with Crippen molar-refractivity contribution in [2.75, 3.05) is 0 Å². The van der Waals surface area contributed by atoms with Crippen LogP contribution in [0.15, 0.2) is 48.7 Å². The summed E-state index contributed by atoms with van der Waals surface area (Å²) in [7, 11) is 0. The highest BCUT2D eigenvalue weighted by Crippen LogP contribution is 2.24. The van der Waals surface area contributed by atoms with E-state index in [4.69, 9.17) is 5.73 Å². The molecule has 0 atom stereocenters. The van der Waals surface area contributed by atoms with Crippen LogP contribution in [0.1, 0.15) is 11.3 Å². The maximum atomic E-state index is 5.89. The molecule has 90 valence electrons. The smallest absolute Gasteiger partial charge is 0.137 e. The first-order chi connectivity index (χ1) is 8.79. The minimum atomic E-state index is 0.481. The summed E-state index contributed by atoms with van der Waals surface area (Å²) in [5.74, 6) is 0. The number of hydrogen-bond donors (Lipinski definition) is 1. The van der Waals surface area contributed by atoms with Crippen LogP contribution in [0, 0.1) is 6.92 Å². The Morgan fingerprint density at radius 3 is 2.61 bits per heavy atom. The number of nitrogens with two attached hydrogens (primary N) is 1. The van der Waals surface area contributed by atoms with Gasteiger partial charge in [0.2, 0.25) is 0 Å². The molecule has 2 aromatic heterocycles. The van der Waals surface area contributed by atoms with E-state index in [1.54, 1.807) is 0 Å². The normalized spacial score (nSPS) is 11.0. The van der Waals surface area contributed by atoms with Gasteiger partial charge in [0.15, 0.2) is 0 Å². The molecule has 2 heterocycles. The van der Waals surface area contributed by atoms with Crippen LogP contribution >= 0.6 is 0 Å². The zero-order valence-corrected chi connectivity index (χ0v) is 10.3. The third-order valence-corrected chi connectivity index (χ3v) is 3.11. The highest BCUT2D eigenvalue weighted by atomic mass is 15.0. The highest BCUT2D eigenvalue weighted by Gasteiger charge is 2.12. The van der Waals surface area contributed by atoms with Crippen molar-refractivity contribution in [3.63, 3.8) is 0 Å². The summed E-state index contributed by atoms with van der Waals surface area (Å²) in [5.41, 5.74) is 11.2. The van der Waals surface area contributed by atoms with Crippen LogP contribution in [0.2, 0.25) is 0 Å². The van der Waals surface area contributed by atoms with E-state index >= 15 is 0 Å². The fourth-order valence-corrected chi connectivity index (χ4v) is 2.22. The molecular weight excluding hydrogens is 222 g/mol. The molecule has 0 amide bonds. The fourth-order valence-electron chi connectivity index (χ4n) is 2.22. The first-order valence-corrected chi connectivity index (χ1v) is 6.02. The quantitative estimate of drug-likeness (QED) is 0.744. The van der Waals surface area contributed by atoms with Gasteiger partial charge in [-0.05, 0) is 18.6 Å². The molecule has 0 radical (unpaired) electrons. The molecule has 0 aliphatic heterocycles. The van der Waals surface area contributed by atoms with Gasteiger partial charge in [0.25, 0.3) is 0 Å². The summed E-state index contributed by atoms with van der Waals surface area (Å²) >= 11 is 0. The van der Waals surface area contributed by atoms with E-state index in [2.05, 4.69) is 40.7 Å². The Bertz CT molecular complexity index is 684. The van der Waals surface area contributed by atoms with Gasteiger partial charge in [-0.25, -0.2) is 4.98 Å². The van der Waals surface area contributed by atoms with Gasteiger partial charge in [-0.3, -0.25) is 0 Å². The van der Waals surface area contributed by atoms with E-state index < -0.39 is 0 Å². The average molecular weight is 237 g/mol. The van der Waals surface area contributed by atoms with Crippen LogP contribution in [-0.2, 0) is 6.54 Å². The van der Waals surface area contributed by atoms with Crippen LogP contribution in [0.25, 0.3) is 16.9 Å². The maximum absolute atomic E-state index is 5.89. The minimum Gasteiger partial charge on any atom is -0.325 e. The Balaban J connectivity index is 2.30. The lowest BCUT2D eigenvalue weighted by atomic mass is 10.1. The van der Waals surface area contributed by atoms with Gasteiger partial charge in [0, 0.05) is 18.3 Å². The lowest BCUT2D eigenvalue weighted by Gasteiger charge is -2.02. The van der Waals surface area contributed by atoms with Gasteiger partial charge in [0.05, 0.1) is 11.4 Å². The van der Waals surface area contributed by atoms with Gasteiger partial charge < -0.3 is 10.1 Å². The largest absolute Gasteiger partial charge is 0.325 e. The summed E-state index contributed by atoms with van der Waals surface area (Å²) in [4.78, 5) is 4.68. The Morgan fingerprint density at radius 2 is 1.89 bits per heavy atom. The van der Waals surface area contributed by atoms with Gasteiger partial charge >= 0.3 is 0 Å². The molecule has 3 rings (SSSR count). The third-order valence-electron chi connectivity index (χ3n) is 3.11. The van der Waals surface area contributed by atoms with Crippen LogP contribution in [-0.4, -0.2) is 9.38 Å². The van der Waals surface area contributed by atoms with Crippen molar-refractivity contribution in [1.29, 1.82) is 0 Å². The SMILES string of the molecule is Cc1ccc2nc(-c3ccccc3)c(CN)n2c1. The Labute approximate surface area is 106 Å². The molecule has 0 unspecified atom stereocenters. The Kier molecular flexibility index (Phi) is 2.61. The molecule has 0 aliphatic rings. The van der Waals surface area contributed by atoms with Crippen LogP contribution in [0.3, 0.4) is 0 Å². The molecule has 0 aliphatic carbocycles. The number of pyridine rings is 1. The van der Waals surface area contributed by atoms with E-state index in [-0.39, 0.29) is 0 Å². The van der Waals surface area contributed by atoms with Crippen molar-refractivity contribution in [1.82, 2.24) is 9.38 Å². The third kappa shape index (κ3) is 1.69. The second-order valence-corrected chi connectivity index (χ2v) is 4.41. The Morgan fingerprint density at radius 1 is 1.11 bits per heavy atom. The number of hydrogen-bond acceptors (Lipinski definition) is 2. The van der Waals surface area contributed by atoms with Crippen molar-refractivity contribution >= 4 is 5.65 Å². The summed E-state index contributed by atoms with van der Waals surface area (Å²) in [5, 5.41) is 0. The van der Waals surface area contributed by atoms with E-state index in [0.29, 0.717) is 6.54 Å². The van der Waals surface area contributed by atoms with E-state index in [1.165, 1.54) is 5.56 Å². The first-order valence-electron chi connectivity index (χ1n) is 6.02. The first kappa shape index (κ1) is 11.0. The highest BCUT2D eigenvalue weighted by molar-refractivity contribution is 5.66. The predicted octanol–water partition coefficient (Wildman–Crippen LogP) is 2.77. The van der Waals surface area contributed by atoms with Crippen LogP contribution < -0.4 is 5.73 Å². The molecule has 18 heavy (non-hydrogen) atoms. The molecule has 2 N–H and O–H groups in total. The van der Waals surface area contributed by atoms with Gasteiger partial charge in [-0.15, -0.1) is 0 Å². The van der Waals surface area contributed by atoms with Gasteiger partial charge in [-0.2, -0.15) is 0 Å². The summed E-state index contributed by atoms with van der Waals surface area (Å²) < 4.78 is 2.08. The zero-order valence-electron chi connectivity index (χ0n) is 10.3. The van der Waals surface area contributed by atoms with Crippen molar-refractivity contribution in [2.45, 2.75) is 13.5 Å². The van der Waals surface area contributed by atoms with E-state index in [9.17, 15) is 0 Å². The maximum Gasteiger partial charge on any atom is 0.137 e. The predicted molar refractivity (Wildman–Crippen MR) is 73.3 cm³/mol. The lowest BCUT2D eigenvalue weighted by Crippen LogP contribution is -2.02. The fraction of sp³-hybridized carbons (Fsp3) is 0.133. The van der Waals surface area contributed by atoms with E-state index in [1.807, 2.05) is 24.3 Å². The van der Waals surface area contributed by atoms with Crippen molar-refractivity contribution in [3.05, 3.63) is 59.9 Å². The van der Waals surface area contributed by atoms with E-state index in [0.717, 1.165) is 22.6 Å². The number of aryl methyl sites for hydroxylation is 1. The average Bonchev–Trinajstić information content (AvgIpc) is 2.77. The van der Waals surface area contributed by atoms with Crippen LogP contribution in [0.5, 0.6) is 0 Å². The summed E-state index contributed by atoms with van der Waals surface area (Å²) in [6.07, 6.45) is 2.08. The standard InChI is InChI=1S/C15H15N3/c1-11-7-8-14-17-15(12-5-3-2-4-6-12)13(9-16)18(14)10-11/h2-8,10H,9,16H2,1H3. The molecule has 3 nitrogen and oxygen atoms in total. The van der Waals surface area contributed by atoms with Gasteiger partial charge in [0.1, 0.15) is 5.65 Å². The second kappa shape index (κ2) is 4.27. The molecule has 0 bridgehead atoms. The van der Waals surface area contributed by atoms with Crippen LogP contribution in [0.4, 0.5) is 0 Å². The minimum absolute atomic E-state index is 0.481. The number of imidazole rings is 1. The number of aromatic nitrogens is 2. The molecule has 0 saturated carbocycles. The number of nitrogens with zero attached hydrogens (tertiary/aromatic N) is 2. The van der Waals surface area contributed by atoms with Gasteiger partial charge in [-0.1, -0.05) is 36.4 Å². The number of rotatable bonds is 2. The summed E-state index contributed by atoms with van der Waals surface area (Å²) in [6, 6.07) is 14.3. The topological polar surface area (TPSA) is 43.3 Å². The molecule has 3 heteroatoms. The number of fused-ring (bicyclic) bond motifs is 1.